The molecule has 1 fully saturated rings. The van der Waals surface area contributed by atoms with E-state index in [0.717, 1.165) is 27.2 Å². The van der Waals surface area contributed by atoms with Gasteiger partial charge in [-0.15, -0.1) is 0 Å². The first-order chi connectivity index (χ1) is 15.1. The number of rotatable bonds is 4. The van der Waals surface area contributed by atoms with Gasteiger partial charge in [-0.1, -0.05) is 67.6 Å². The molecule has 2 N–H and O–H groups in total. The Labute approximate surface area is 179 Å². The van der Waals surface area contributed by atoms with E-state index in [1.807, 2.05) is 73.7 Å². The van der Waals surface area contributed by atoms with Crippen LogP contribution in [0.3, 0.4) is 0 Å². The zero-order valence-corrected chi connectivity index (χ0v) is 17.1. The number of ketones is 1. The summed E-state index contributed by atoms with van der Waals surface area (Å²) in [6.45, 7) is 2.41. The molecule has 5 nitrogen and oxygen atoms in total. The minimum Gasteiger partial charge on any atom is -0.507 e. The largest absolute Gasteiger partial charge is 0.507 e. The highest BCUT2D eigenvalue weighted by molar-refractivity contribution is 6.46. The van der Waals surface area contributed by atoms with E-state index in [-0.39, 0.29) is 11.3 Å². The van der Waals surface area contributed by atoms with Crippen LogP contribution in [0, 0.1) is 0 Å². The molecular formula is C26H22N2O3. The lowest BCUT2D eigenvalue weighted by atomic mass is 9.91. The van der Waals surface area contributed by atoms with Gasteiger partial charge in [-0.2, -0.15) is 0 Å². The number of fused-ring (bicyclic) bond motifs is 2. The summed E-state index contributed by atoms with van der Waals surface area (Å²) < 4.78 is 0. The number of aromatic nitrogens is 1. The first kappa shape index (κ1) is 19.1. The number of benzene rings is 3. The number of para-hydroxylation sites is 1. The van der Waals surface area contributed by atoms with Gasteiger partial charge < -0.3 is 15.0 Å². The number of carbonyl (C=O) groups is 2. The molecule has 1 aromatic heterocycles. The second kappa shape index (κ2) is 7.43. The van der Waals surface area contributed by atoms with E-state index < -0.39 is 17.7 Å². The van der Waals surface area contributed by atoms with Crippen LogP contribution in [0.15, 0.2) is 78.5 Å². The van der Waals surface area contributed by atoms with Crippen molar-refractivity contribution in [2.75, 3.05) is 6.54 Å². The number of carbonyl (C=O) groups excluding carboxylic acids is 2. The summed E-state index contributed by atoms with van der Waals surface area (Å²) in [5.74, 6) is -1.36. The summed E-state index contributed by atoms with van der Waals surface area (Å²) >= 11 is 0. The van der Waals surface area contributed by atoms with Gasteiger partial charge in [0.1, 0.15) is 5.76 Å². The molecule has 5 heteroatoms. The van der Waals surface area contributed by atoms with E-state index in [1.54, 1.807) is 11.1 Å². The Morgan fingerprint density at radius 3 is 2.48 bits per heavy atom. The molecule has 5 rings (SSSR count). The van der Waals surface area contributed by atoms with E-state index in [1.165, 1.54) is 0 Å². The number of Topliss-reactive ketones (excluding diaryl/α,β-unsaturated/α-hetero) is 1. The number of nitrogens with zero attached hydrogens (tertiary/aromatic N) is 1. The Balaban J connectivity index is 1.79. The van der Waals surface area contributed by atoms with E-state index in [0.29, 0.717) is 18.5 Å². The molecule has 1 atom stereocenters. The number of amides is 1. The number of aliphatic hydroxyl groups is 1. The van der Waals surface area contributed by atoms with E-state index in [4.69, 9.17) is 0 Å². The second-order valence-electron chi connectivity index (χ2n) is 7.81. The van der Waals surface area contributed by atoms with Crippen LogP contribution < -0.4 is 0 Å². The summed E-state index contributed by atoms with van der Waals surface area (Å²) in [5.41, 5.74) is 2.36. The molecule has 1 unspecified atom stereocenters. The van der Waals surface area contributed by atoms with E-state index in [9.17, 15) is 14.7 Å². The Kier molecular flexibility index (Phi) is 4.59. The van der Waals surface area contributed by atoms with Crippen LogP contribution in [0.25, 0.3) is 27.4 Å². The SMILES string of the molecule is CCCN1C(=O)C(=O)/C(=C(/O)c2c[nH]c3ccccc23)C1c1cccc2ccccc12. The van der Waals surface area contributed by atoms with E-state index >= 15 is 0 Å². The lowest BCUT2D eigenvalue weighted by molar-refractivity contribution is -0.139. The fraction of sp³-hybridized carbons (Fsp3) is 0.154. The Morgan fingerprint density at radius 2 is 1.68 bits per heavy atom. The second-order valence-corrected chi connectivity index (χ2v) is 7.81. The third-order valence-corrected chi connectivity index (χ3v) is 5.97. The molecule has 0 saturated carbocycles. The summed E-state index contributed by atoms with van der Waals surface area (Å²) in [6, 6.07) is 20.7. The van der Waals surface area contributed by atoms with Gasteiger partial charge in [0.2, 0.25) is 0 Å². The molecule has 154 valence electrons. The lowest BCUT2D eigenvalue weighted by Crippen LogP contribution is -2.30. The number of hydrogen-bond acceptors (Lipinski definition) is 3. The minimum atomic E-state index is -0.644. The van der Waals surface area contributed by atoms with Crippen molar-refractivity contribution in [2.45, 2.75) is 19.4 Å². The monoisotopic (exact) mass is 410 g/mol. The standard InChI is InChI=1S/C26H22N2O3/c1-2-14-28-23(19-12-7-9-16-8-3-4-10-17(16)19)22(25(30)26(28)31)24(29)20-15-27-21-13-6-5-11-18(20)21/h3-13,15,23,27,29H,2,14H2,1H3/b24-22+. The summed E-state index contributed by atoms with van der Waals surface area (Å²) in [4.78, 5) is 30.9. The van der Waals surface area contributed by atoms with Gasteiger partial charge in [0.05, 0.1) is 11.6 Å². The molecule has 1 aliphatic heterocycles. The number of aromatic amines is 1. The zero-order valence-electron chi connectivity index (χ0n) is 17.1. The van der Waals surface area contributed by atoms with Gasteiger partial charge in [0, 0.05) is 29.2 Å². The van der Waals surface area contributed by atoms with Crippen molar-refractivity contribution in [3.8, 4) is 0 Å². The average molecular weight is 410 g/mol. The Morgan fingerprint density at radius 1 is 0.968 bits per heavy atom. The van der Waals surface area contributed by atoms with Gasteiger partial charge in [0.25, 0.3) is 11.7 Å². The molecule has 1 amide bonds. The van der Waals surface area contributed by atoms with E-state index in [2.05, 4.69) is 4.98 Å². The summed E-state index contributed by atoms with van der Waals surface area (Å²) in [6.07, 6.45) is 2.40. The molecule has 31 heavy (non-hydrogen) atoms. The van der Waals surface area contributed by atoms with Crippen LogP contribution in [-0.2, 0) is 9.59 Å². The fourth-order valence-electron chi connectivity index (χ4n) is 4.58. The summed E-state index contributed by atoms with van der Waals surface area (Å²) in [5, 5.41) is 14.1. The molecule has 0 radical (unpaired) electrons. The van der Waals surface area contributed by atoms with Crippen LogP contribution in [0.5, 0.6) is 0 Å². The maximum Gasteiger partial charge on any atom is 0.295 e. The fourth-order valence-corrected chi connectivity index (χ4v) is 4.58. The molecule has 0 spiro atoms. The van der Waals surface area contributed by atoms with Crippen molar-refractivity contribution < 1.29 is 14.7 Å². The quantitative estimate of drug-likeness (QED) is 0.277. The maximum absolute atomic E-state index is 13.2. The molecule has 0 aliphatic carbocycles. The van der Waals surface area contributed by atoms with Crippen molar-refractivity contribution in [3.63, 3.8) is 0 Å². The number of hydrogen-bond donors (Lipinski definition) is 2. The topological polar surface area (TPSA) is 73.4 Å². The number of nitrogens with one attached hydrogen (secondary N) is 1. The number of aliphatic hydroxyl groups excluding tert-OH is 1. The van der Waals surface area contributed by atoms with Crippen LogP contribution in [0.2, 0.25) is 0 Å². The van der Waals surface area contributed by atoms with Gasteiger partial charge in [-0.25, -0.2) is 0 Å². The smallest absolute Gasteiger partial charge is 0.295 e. The Bertz CT molecular complexity index is 1360. The van der Waals surface area contributed by atoms with Crippen LogP contribution in [0.1, 0.15) is 30.5 Å². The third-order valence-electron chi connectivity index (χ3n) is 5.97. The van der Waals surface area contributed by atoms with Crippen molar-refractivity contribution >= 4 is 39.1 Å². The number of likely N-dealkylation sites (tertiary alicyclic amines) is 1. The van der Waals surface area contributed by atoms with Gasteiger partial charge >= 0.3 is 0 Å². The van der Waals surface area contributed by atoms with Crippen molar-refractivity contribution in [3.05, 3.63) is 89.6 Å². The third kappa shape index (κ3) is 2.93. The molecule has 2 heterocycles. The first-order valence-electron chi connectivity index (χ1n) is 10.4. The number of H-pyrrole nitrogens is 1. The van der Waals surface area contributed by atoms with Crippen molar-refractivity contribution in [1.82, 2.24) is 9.88 Å². The highest BCUT2D eigenvalue weighted by Gasteiger charge is 2.46. The van der Waals surface area contributed by atoms with Gasteiger partial charge in [-0.05, 0) is 28.8 Å². The molecule has 0 bridgehead atoms. The van der Waals surface area contributed by atoms with Crippen molar-refractivity contribution in [2.24, 2.45) is 0 Å². The van der Waals surface area contributed by atoms with Crippen molar-refractivity contribution in [1.29, 1.82) is 0 Å². The molecule has 3 aromatic carbocycles. The normalized spacial score (nSPS) is 18.4. The predicted molar refractivity (Wildman–Crippen MR) is 122 cm³/mol. The van der Waals surface area contributed by atoms with Gasteiger partial charge in [0.15, 0.2) is 0 Å². The average Bonchev–Trinajstić information content (AvgIpc) is 3.33. The van der Waals surface area contributed by atoms with Crippen LogP contribution in [-0.4, -0.2) is 33.2 Å². The predicted octanol–water partition coefficient (Wildman–Crippen LogP) is 5.15. The van der Waals surface area contributed by atoms with Crippen LogP contribution >= 0.6 is 0 Å². The minimum absolute atomic E-state index is 0.138. The van der Waals surface area contributed by atoms with Crippen LogP contribution in [0.4, 0.5) is 0 Å². The van der Waals surface area contributed by atoms with Gasteiger partial charge in [-0.3, -0.25) is 9.59 Å². The Hall–Kier alpha value is -3.86. The zero-order chi connectivity index (χ0) is 21.5. The molecule has 1 saturated heterocycles. The highest BCUT2D eigenvalue weighted by atomic mass is 16.3. The molecule has 1 aliphatic rings. The summed E-state index contributed by atoms with van der Waals surface area (Å²) in [7, 11) is 0. The maximum atomic E-state index is 13.2. The first-order valence-corrected chi connectivity index (χ1v) is 10.4. The molecular weight excluding hydrogens is 388 g/mol. The molecule has 4 aromatic rings. The highest BCUT2D eigenvalue weighted by Crippen LogP contribution is 2.42. The lowest BCUT2D eigenvalue weighted by Gasteiger charge is -2.26.